The number of hydrogen-bond acceptors (Lipinski definition) is 2. The molecule has 0 aromatic heterocycles. The van der Waals surface area contributed by atoms with E-state index in [1.54, 1.807) is 0 Å². The number of benzene rings is 1. The predicted octanol–water partition coefficient (Wildman–Crippen LogP) is 2.46. The van der Waals surface area contributed by atoms with Gasteiger partial charge in [-0.3, -0.25) is 0 Å². The summed E-state index contributed by atoms with van der Waals surface area (Å²) < 4.78 is 5.32. The van der Waals surface area contributed by atoms with E-state index in [1.807, 2.05) is 32.2 Å². The fraction of sp³-hybridized carbons (Fsp3) is 0.400. The van der Waals surface area contributed by atoms with Gasteiger partial charge in [-0.1, -0.05) is 17.7 Å². The summed E-state index contributed by atoms with van der Waals surface area (Å²) in [4.78, 5) is 0. The molecule has 0 atom stereocenters. The molecule has 3 heteroatoms. The maximum Gasteiger partial charge on any atom is 0.137 e. The van der Waals surface area contributed by atoms with Gasteiger partial charge < -0.3 is 10.1 Å². The van der Waals surface area contributed by atoms with E-state index < -0.39 is 0 Å². The Morgan fingerprint density at radius 3 is 2.77 bits per heavy atom. The molecule has 0 aliphatic heterocycles. The van der Waals surface area contributed by atoms with Gasteiger partial charge in [-0.25, -0.2) is 0 Å². The molecule has 0 radical (unpaired) electrons. The molecule has 0 aliphatic rings. The minimum absolute atomic E-state index is 0.644. The van der Waals surface area contributed by atoms with Gasteiger partial charge in [0.2, 0.25) is 0 Å². The third-order valence-electron chi connectivity index (χ3n) is 1.68. The Kier molecular flexibility index (Phi) is 4.06. The lowest BCUT2D eigenvalue weighted by atomic mass is 10.2. The van der Waals surface area contributed by atoms with Crippen LogP contribution < -0.4 is 10.1 Å². The minimum Gasteiger partial charge on any atom is -0.492 e. The standard InChI is InChI=1S/C10H14ClNO/c1-3-13-10-5-4-8(7-12-2)6-9(10)11/h4-6,12H,3,7H2,1-2H3. The lowest BCUT2D eigenvalue weighted by molar-refractivity contribution is 0.340. The van der Waals surface area contributed by atoms with E-state index in [2.05, 4.69) is 5.32 Å². The summed E-state index contributed by atoms with van der Waals surface area (Å²) in [5.41, 5.74) is 1.16. The van der Waals surface area contributed by atoms with Crippen LogP contribution in [0.25, 0.3) is 0 Å². The maximum absolute atomic E-state index is 5.99. The van der Waals surface area contributed by atoms with Crippen molar-refractivity contribution in [3.8, 4) is 5.75 Å². The molecule has 2 nitrogen and oxygen atoms in total. The SMILES string of the molecule is CCOc1ccc(CNC)cc1Cl. The van der Waals surface area contributed by atoms with Crippen LogP contribution in [-0.2, 0) is 6.54 Å². The average Bonchev–Trinajstić information content (AvgIpc) is 2.10. The number of ether oxygens (including phenoxy) is 1. The Bertz CT molecular complexity index is 276. The van der Waals surface area contributed by atoms with E-state index in [9.17, 15) is 0 Å². The van der Waals surface area contributed by atoms with Gasteiger partial charge in [-0.05, 0) is 31.7 Å². The quantitative estimate of drug-likeness (QED) is 0.805. The highest BCUT2D eigenvalue weighted by Crippen LogP contribution is 2.25. The van der Waals surface area contributed by atoms with Crippen molar-refractivity contribution in [2.75, 3.05) is 13.7 Å². The summed E-state index contributed by atoms with van der Waals surface area (Å²) in [6.45, 7) is 3.41. The maximum atomic E-state index is 5.99. The van der Waals surface area contributed by atoms with Gasteiger partial charge in [-0.2, -0.15) is 0 Å². The Morgan fingerprint density at radius 2 is 2.23 bits per heavy atom. The van der Waals surface area contributed by atoms with Crippen molar-refractivity contribution in [2.24, 2.45) is 0 Å². The van der Waals surface area contributed by atoms with Crippen LogP contribution in [0.2, 0.25) is 5.02 Å². The van der Waals surface area contributed by atoms with Crippen LogP contribution in [0.3, 0.4) is 0 Å². The third kappa shape index (κ3) is 2.90. The smallest absolute Gasteiger partial charge is 0.137 e. The van der Waals surface area contributed by atoms with Gasteiger partial charge in [0.25, 0.3) is 0 Å². The van der Waals surface area contributed by atoms with E-state index in [1.165, 1.54) is 0 Å². The van der Waals surface area contributed by atoms with Crippen LogP contribution in [0.4, 0.5) is 0 Å². The molecule has 1 N–H and O–H groups in total. The highest BCUT2D eigenvalue weighted by Gasteiger charge is 2.01. The van der Waals surface area contributed by atoms with Crippen molar-refractivity contribution < 1.29 is 4.74 Å². The van der Waals surface area contributed by atoms with E-state index >= 15 is 0 Å². The van der Waals surface area contributed by atoms with Crippen LogP contribution in [-0.4, -0.2) is 13.7 Å². The summed E-state index contributed by atoms with van der Waals surface area (Å²) in [5.74, 6) is 0.754. The molecule has 1 aromatic rings. The zero-order chi connectivity index (χ0) is 9.68. The Balaban J connectivity index is 2.79. The molecule has 0 unspecified atom stereocenters. The predicted molar refractivity (Wildman–Crippen MR) is 55.4 cm³/mol. The number of nitrogens with one attached hydrogen (secondary N) is 1. The molecule has 1 aromatic carbocycles. The highest BCUT2D eigenvalue weighted by atomic mass is 35.5. The first kappa shape index (κ1) is 10.4. The second kappa shape index (κ2) is 5.10. The second-order valence-corrected chi connectivity index (χ2v) is 3.14. The van der Waals surface area contributed by atoms with E-state index in [-0.39, 0.29) is 0 Å². The molecular formula is C10H14ClNO. The highest BCUT2D eigenvalue weighted by molar-refractivity contribution is 6.32. The van der Waals surface area contributed by atoms with Crippen molar-refractivity contribution in [1.29, 1.82) is 0 Å². The third-order valence-corrected chi connectivity index (χ3v) is 1.97. The van der Waals surface area contributed by atoms with Gasteiger partial charge in [0.05, 0.1) is 11.6 Å². The molecule has 72 valence electrons. The zero-order valence-electron chi connectivity index (χ0n) is 7.93. The topological polar surface area (TPSA) is 21.3 Å². The first-order valence-corrected chi connectivity index (χ1v) is 4.71. The molecular weight excluding hydrogens is 186 g/mol. The number of hydrogen-bond donors (Lipinski definition) is 1. The fourth-order valence-electron chi connectivity index (χ4n) is 1.13. The fourth-order valence-corrected chi connectivity index (χ4v) is 1.39. The van der Waals surface area contributed by atoms with Crippen LogP contribution >= 0.6 is 11.6 Å². The molecule has 1 rings (SSSR count). The molecule has 0 saturated carbocycles. The van der Waals surface area contributed by atoms with E-state index in [0.717, 1.165) is 17.9 Å². The van der Waals surface area contributed by atoms with Crippen molar-refractivity contribution in [1.82, 2.24) is 5.32 Å². The van der Waals surface area contributed by atoms with Crippen molar-refractivity contribution in [3.63, 3.8) is 0 Å². The number of rotatable bonds is 4. The molecule has 13 heavy (non-hydrogen) atoms. The van der Waals surface area contributed by atoms with Gasteiger partial charge in [-0.15, -0.1) is 0 Å². The molecule has 0 fully saturated rings. The summed E-state index contributed by atoms with van der Waals surface area (Å²) in [6, 6.07) is 5.83. The summed E-state index contributed by atoms with van der Waals surface area (Å²) >= 11 is 5.99. The van der Waals surface area contributed by atoms with Gasteiger partial charge in [0.1, 0.15) is 5.75 Å². The Labute approximate surface area is 83.9 Å². The van der Waals surface area contributed by atoms with Crippen molar-refractivity contribution in [2.45, 2.75) is 13.5 Å². The van der Waals surface area contributed by atoms with Gasteiger partial charge in [0, 0.05) is 6.54 Å². The second-order valence-electron chi connectivity index (χ2n) is 2.73. The van der Waals surface area contributed by atoms with Crippen LogP contribution in [0.1, 0.15) is 12.5 Å². The molecule has 0 bridgehead atoms. The molecule has 0 spiro atoms. The van der Waals surface area contributed by atoms with Crippen molar-refractivity contribution in [3.05, 3.63) is 28.8 Å². The molecule has 0 saturated heterocycles. The Morgan fingerprint density at radius 1 is 1.46 bits per heavy atom. The normalized spacial score (nSPS) is 10.1. The van der Waals surface area contributed by atoms with E-state index in [0.29, 0.717) is 11.6 Å². The van der Waals surface area contributed by atoms with Crippen LogP contribution in [0.5, 0.6) is 5.75 Å². The Hall–Kier alpha value is -0.730. The summed E-state index contributed by atoms with van der Waals surface area (Å²) in [7, 11) is 1.91. The summed E-state index contributed by atoms with van der Waals surface area (Å²) in [6.07, 6.45) is 0. The molecule has 0 amide bonds. The minimum atomic E-state index is 0.644. The van der Waals surface area contributed by atoms with Gasteiger partial charge in [0.15, 0.2) is 0 Å². The van der Waals surface area contributed by atoms with Crippen LogP contribution in [0, 0.1) is 0 Å². The largest absolute Gasteiger partial charge is 0.492 e. The molecule has 0 aliphatic carbocycles. The molecule has 0 heterocycles. The zero-order valence-corrected chi connectivity index (χ0v) is 8.69. The first-order chi connectivity index (χ1) is 6.27. The van der Waals surface area contributed by atoms with Gasteiger partial charge >= 0.3 is 0 Å². The van der Waals surface area contributed by atoms with E-state index in [4.69, 9.17) is 16.3 Å². The monoisotopic (exact) mass is 199 g/mol. The first-order valence-electron chi connectivity index (χ1n) is 4.33. The van der Waals surface area contributed by atoms with Crippen molar-refractivity contribution >= 4 is 11.6 Å². The number of halogens is 1. The van der Waals surface area contributed by atoms with Crippen LogP contribution in [0.15, 0.2) is 18.2 Å². The lowest BCUT2D eigenvalue weighted by Crippen LogP contribution is -2.05. The lowest BCUT2D eigenvalue weighted by Gasteiger charge is -2.07. The summed E-state index contributed by atoms with van der Waals surface area (Å²) in [5, 5.41) is 3.74. The average molecular weight is 200 g/mol.